The molecule has 0 aromatic heterocycles. The Hall–Kier alpha value is 0.0969. The minimum Gasteiger partial charge on any atom is -0.413 e. The van der Waals surface area contributed by atoms with Gasteiger partial charge in [-0.2, -0.15) is 0 Å². The van der Waals surface area contributed by atoms with E-state index in [2.05, 4.69) is 38.8 Å². The molecule has 3 nitrogen and oxygen atoms in total. The molecule has 0 aromatic rings. The highest BCUT2D eigenvalue weighted by molar-refractivity contribution is 6.74. The zero-order valence-electron chi connectivity index (χ0n) is 12.6. The number of hydrogen-bond acceptors (Lipinski definition) is 3. The lowest BCUT2D eigenvalue weighted by Crippen LogP contribution is -2.44. The predicted molar refractivity (Wildman–Crippen MR) is 77.3 cm³/mol. The quantitative estimate of drug-likeness (QED) is 0.801. The van der Waals surface area contributed by atoms with Crippen LogP contribution < -0.4 is 0 Å². The first kappa shape index (κ1) is 14.5. The summed E-state index contributed by atoms with van der Waals surface area (Å²) in [6, 6.07) is 0. The highest BCUT2D eigenvalue weighted by Crippen LogP contribution is 2.43. The summed E-state index contributed by atoms with van der Waals surface area (Å²) in [6.45, 7) is 14.0. The van der Waals surface area contributed by atoms with Gasteiger partial charge in [0.05, 0.1) is 12.7 Å². The molecule has 2 saturated heterocycles. The van der Waals surface area contributed by atoms with Crippen molar-refractivity contribution in [1.82, 2.24) is 4.90 Å². The Bertz CT molecular complexity index is 313. The SMILES string of the molecule is CC(C)(C)[Si](C)(C)OC1CN2CCC[C@]2(CO)C1. The van der Waals surface area contributed by atoms with Crippen LogP contribution >= 0.6 is 0 Å². The van der Waals surface area contributed by atoms with Crippen LogP contribution in [0.15, 0.2) is 0 Å². The molecular formula is C14H29NO2Si. The molecule has 2 fully saturated rings. The molecule has 2 atom stereocenters. The van der Waals surface area contributed by atoms with E-state index in [1.165, 1.54) is 6.42 Å². The first-order chi connectivity index (χ1) is 8.20. The maximum Gasteiger partial charge on any atom is 0.192 e. The molecule has 0 spiro atoms. The summed E-state index contributed by atoms with van der Waals surface area (Å²) in [6.07, 6.45) is 3.72. The monoisotopic (exact) mass is 271 g/mol. The van der Waals surface area contributed by atoms with E-state index in [4.69, 9.17) is 4.43 Å². The number of aliphatic hydroxyl groups excluding tert-OH is 1. The van der Waals surface area contributed by atoms with Gasteiger partial charge in [0.1, 0.15) is 0 Å². The normalized spacial score (nSPS) is 34.0. The zero-order valence-corrected chi connectivity index (χ0v) is 13.6. The Morgan fingerprint density at radius 1 is 1.39 bits per heavy atom. The molecular weight excluding hydrogens is 242 g/mol. The van der Waals surface area contributed by atoms with Gasteiger partial charge in [0, 0.05) is 12.1 Å². The number of rotatable bonds is 3. The Labute approximate surface area is 113 Å². The average molecular weight is 271 g/mol. The molecule has 2 aliphatic heterocycles. The Morgan fingerprint density at radius 2 is 2.06 bits per heavy atom. The van der Waals surface area contributed by atoms with Gasteiger partial charge >= 0.3 is 0 Å². The molecule has 0 aliphatic carbocycles. The minimum absolute atomic E-state index is 0.0486. The third-order valence-corrected chi connectivity index (χ3v) is 9.87. The second-order valence-electron chi connectivity index (χ2n) is 7.64. The fourth-order valence-electron chi connectivity index (χ4n) is 3.16. The van der Waals surface area contributed by atoms with Gasteiger partial charge in [-0.25, -0.2) is 0 Å². The van der Waals surface area contributed by atoms with Gasteiger partial charge in [-0.15, -0.1) is 0 Å². The lowest BCUT2D eigenvalue weighted by atomic mass is 9.95. The summed E-state index contributed by atoms with van der Waals surface area (Å²) >= 11 is 0. The van der Waals surface area contributed by atoms with E-state index < -0.39 is 8.32 Å². The van der Waals surface area contributed by atoms with Crippen molar-refractivity contribution in [3.8, 4) is 0 Å². The van der Waals surface area contributed by atoms with Crippen LogP contribution in [0.4, 0.5) is 0 Å². The van der Waals surface area contributed by atoms with Gasteiger partial charge in [-0.05, 0) is 43.9 Å². The molecule has 0 bridgehead atoms. The lowest BCUT2D eigenvalue weighted by Gasteiger charge is -2.38. The van der Waals surface area contributed by atoms with E-state index in [0.717, 1.165) is 25.9 Å². The first-order valence-electron chi connectivity index (χ1n) is 7.24. The molecule has 0 amide bonds. The van der Waals surface area contributed by atoms with Crippen molar-refractivity contribution in [2.45, 2.75) is 69.8 Å². The van der Waals surface area contributed by atoms with Crippen LogP contribution in [0.5, 0.6) is 0 Å². The van der Waals surface area contributed by atoms with Crippen LogP contribution in [0.25, 0.3) is 0 Å². The Balaban J connectivity index is 2.02. The number of fused-ring (bicyclic) bond motifs is 1. The van der Waals surface area contributed by atoms with Gasteiger partial charge in [-0.1, -0.05) is 20.8 Å². The van der Waals surface area contributed by atoms with E-state index in [-0.39, 0.29) is 10.6 Å². The molecule has 2 rings (SSSR count). The van der Waals surface area contributed by atoms with Crippen molar-refractivity contribution in [2.24, 2.45) is 0 Å². The fourth-order valence-corrected chi connectivity index (χ4v) is 4.51. The topological polar surface area (TPSA) is 32.7 Å². The smallest absolute Gasteiger partial charge is 0.192 e. The summed E-state index contributed by atoms with van der Waals surface area (Å²) in [5.41, 5.74) is 0.0486. The Kier molecular flexibility index (Phi) is 3.69. The maximum atomic E-state index is 9.72. The van der Waals surface area contributed by atoms with Crippen molar-refractivity contribution < 1.29 is 9.53 Å². The first-order valence-corrected chi connectivity index (χ1v) is 10.1. The minimum atomic E-state index is -1.67. The molecule has 2 aliphatic rings. The van der Waals surface area contributed by atoms with E-state index in [0.29, 0.717) is 12.7 Å². The summed E-state index contributed by atoms with van der Waals surface area (Å²) in [7, 11) is -1.67. The lowest BCUT2D eigenvalue weighted by molar-refractivity contribution is 0.0991. The summed E-state index contributed by atoms with van der Waals surface area (Å²) in [5, 5.41) is 9.99. The highest BCUT2D eigenvalue weighted by Gasteiger charge is 2.50. The van der Waals surface area contributed by atoms with Crippen LogP contribution in [0.3, 0.4) is 0 Å². The molecule has 0 saturated carbocycles. The van der Waals surface area contributed by atoms with Crippen molar-refractivity contribution >= 4 is 8.32 Å². The second-order valence-corrected chi connectivity index (χ2v) is 12.4. The van der Waals surface area contributed by atoms with Gasteiger partial charge in [0.2, 0.25) is 0 Å². The molecule has 2 heterocycles. The summed E-state index contributed by atoms with van der Waals surface area (Å²) in [4.78, 5) is 2.46. The van der Waals surface area contributed by atoms with E-state index in [9.17, 15) is 5.11 Å². The van der Waals surface area contributed by atoms with Crippen LogP contribution in [-0.2, 0) is 4.43 Å². The van der Waals surface area contributed by atoms with Crippen LogP contribution in [0, 0.1) is 0 Å². The fraction of sp³-hybridized carbons (Fsp3) is 1.00. The van der Waals surface area contributed by atoms with Gasteiger partial charge in [0.25, 0.3) is 0 Å². The number of aliphatic hydroxyl groups is 1. The van der Waals surface area contributed by atoms with Crippen LogP contribution in [-0.4, -0.2) is 49.7 Å². The van der Waals surface area contributed by atoms with Crippen molar-refractivity contribution in [2.75, 3.05) is 19.7 Å². The van der Waals surface area contributed by atoms with Crippen molar-refractivity contribution in [3.05, 3.63) is 0 Å². The Morgan fingerprint density at radius 3 is 2.56 bits per heavy atom. The largest absolute Gasteiger partial charge is 0.413 e. The van der Waals surface area contributed by atoms with E-state index in [1.807, 2.05) is 0 Å². The molecule has 1 N–H and O–H groups in total. The maximum absolute atomic E-state index is 9.72. The summed E-state index contributed by atoms with van der Waals surface area (Å²) < 4.78 is 6.51. The third-order valence-electron chi connectivity index (χ3n) is 5.33. The molecule has 0 aromatic carbocycles. The van der Waals surface area contributed by atoms with Gasteiger partial charge < -0.3 is 9.53 Å². The summed E-state index contributed by atoms with van der Waals surface area (Å²) in [5.74, 6) is 0. The van der Waals surface area contributed by atoms with Crippen LogP contribution in [0.1, 0.15) is 40.0 Å². The second kappa shape index (κ2) is 4.58. The van der Waals surface area contributed by atoms with Crippen LogP contribution in [0.2, 0.25) is 18.1 Å². The average Bonchev–Trinajstić information content (AvgIpc) is 2.71. The van der Waals surface area contributed by atoms with Gasteiger partial charge in [0.15, 0.2) is 8.32 Å². The van der Waals surface area contributed by atoms with Gasteiger partial charge in [-0.3, -0.25) is 4.90 Å². The number of nitrogens with zero attached hydrogens (tertiary/aromatic N) is 1. The predicted octanol–water partition coefficient (Wildman–Crippen LogP) is 2.61. The van der Waals surface area contributed by atoms with E-state index in [1.54, 1.807) is 0 Å². The molecule has 18 heavy (non-hydrogen) atoms. The van der Waals surface area contributed by atoms with Crippen molar-refractivity contribution in [3.63, 3.8) is 0 Å². The molecule has 106 valence electrons. The number of hydrogen-bond donors (Lipinski definition) is 1. The van der Waals surface area contributed by atoms with Crippen molar-refractivity contribution in [1.29, 1.82) is 0 Å². The standard InChI is InChI=1S/C14H29NO2Si/c1-13(2,3)18(4,5)17-12-9-14(11-16)7-6-8-15(14)10-12/h12,16H,6-11H2,1-5H3/t12?,14-/m1/s1. The third kappa shape index (κ3) is 2.40. The molecule has 0 radical (unpaired) electrons. The highest BCUT2D eigenvalue weighted by atomic mass is 28.4. The molecule has 1 unspecified atom stereocenters. The molecule has 4 heteroatoms. The van der Waals surface area contributed by atoms with E-state index >= 15 is 0 Å². The zero-order chi connectivity index (χ0) is 13.6.